The Morgan fingerprint density at radius 3 is 1.77 bits per heavy atom. The highest BCUT2D eigenvalue weighted by atomic mass is 15.0. The first kappa shape index (κ1) is 15.0. The number of aromatic nitrogens is 1. The van der Waals surface area contributed by atoms with Crippen LogP contribution in [0.1, 0.15) is 5.56 Å². The Bertz CT molecular complexity index is 1170. The maximum absolute atomic E-state index is 2.35. The van der Waals surface area contributed by atoms with Gasteiger partial charge in [-0.05, 0) is 42.3 Å². The summed E-state index contributed by atoms with van der Waals surface area (Å²) in [4.78, 5) is 0. The molecule has 5 rings (SSSR count). The fourth-order valence-corrected chi connectivity index (χ4v) is 3.83. The van der Waals surface area contributed by atoms with Crippen LogP contribution in [-0.4, -0.2) is 4.57 Å². The van der Waals surface area contributed by atoms with Gasteiger partial charge in [0.15, 0.2) is 0 Å². The highest BCUT2D eigenvalue weighted by Crippen LogP contribution is 2.32. The van der Waals surface area contributed by atoms with E-state index in [4.69, 9.17) is 0 Å². The lowest BCUT2D eigenvalue weighted by molar-refractivity contribution is 1.18. The molecule has 0 fully saturated rings. The molecule has 124 valence electrons. The molecule has 0 saturated heterocycles. The smallest absolute Gasteiger partial charge is 0.0541 e. The molecule has 0 spiro atoms. The van der Waals surface area contributed by atoms with Crippen molar-refractivity contribution in [2.45, 2.75) is 6.92 Å². The van der Waals surface area contributed by atoms with Crippen LogP contribution < -0.4 is 0 Å². The van der Waals surface area contributed by atoms with E-state index in [1.54, 1.807) is 0 Å². The maximum atomic E-state index is 2.35. The van der Waals surface area contributed by atoms with Gasteiger partial charge in [0.1, 0.15) is 0 Å². The van der Waals surface area contributed by atoms with Crippen molar-refractivity contribution in [3.63, 3.8) is 0 Å². The molecule has 0 radical (unpaired) electrons. The highest BCUT2D eigenvalue weighted by Gasteiger charge is 2.11. The zero-order valence-electron chi connectivity index (χ0n) is 14.7. The van der Waals surface area contributed by atoms with Crippen LogP contribution in [0.5, 0.6) is 0 Å². The number of benzene rings is 4. The van der Waals surface area contributed by atoms with E-state index in [-0.39, 0.29) is 0 Å². The monoisotopic (exact) mass is 333 g/mol. The van der Waals surface area contributed by atoms with Crippen molar-refractivity contribution < 1.29 is 0 Å². The van der Waals surface area contributed by atoms with E-state index in [1.807, 2.05) is 0 Å². The molecule has 0 aliphatic carbocycles. The van der Waals surface area contributed by atoms with Gasteiger partial charge in [-0.25, -0.2) is 0 Å². The molecule has 0 bridgehead atoms. The molecule has 1 heteroatoms. The molecule has 0 amide bonds. The molecule has 0 aliphatic heterocycles. The van der Waals surface area contributed by atoms with Crippen LogP contribution in [-0.2, 0) is 0 Å². The van der Waals surface area contributed by atoms with Gasteiger partial charge < -0.3 is 4.57 Å². The van der Waals surface area contributed by atoms with Crippen molar-refractivity contribution in [1.82, 2.24) is 4.57 Å². The maximum Gasteiger partial charge on any atom is 0.0541 e. The third-order valence-corrected chi connectivity index (χ3v) is 5.06. The van der Waals surface area contributed by atoms with Crippen molar-refractivity contribution in [1.29, 1.82) is 0 Å². The normalized spacial score (nSPS) is 11.3. The zero-order chi connectivity index (χ0) is 17.5. The first-order valence-electron chi connectivity index (χ1n) is 8.97. The molecule has 1 aromatic heterocycles. The fraction of sp³-hybridized carbons (Fsp3) is 0.0400. The summed E-state index contributed by atoms with van der Waals surface area (Å²) < 4.78 is 2.35. The minimum atomic E-state index is 1.19. The lowest BCUT2D eigenvalue weighted by atomic mass is 10.0. The first-order chi connectivity index (χ1) is 12.8. The van der Waals surface area contributed by atoms with Crippen molar-refractivity contribution in [3.8, 4) is 16.8 Å². The Kier molecular flexibility index (Phi) is 3.39. The van der Waals surface area contributed by atoms with Crippen LogP contribution in [0.25, 0.3) is 38.6 Å². The number of hydrogen-bond acceptors (Lipinski definition) is 0. The van der Waals surface area contributed by atoms with Crippen molar-refractivity contribution in [2.75, 3.05) is 0 Å². The van der Waals surface area contributed by atoms with Gasteiger partial charge in [0, 0.05) is 16.5 Å². The van der Waals surface area contributed by atoms with E-state index in [9.17, 15) is 0 Å². The Labute approximate surface area is 153 Å². The summed E-state index contributed by atoms with van der Waals surface area (Å²) in [7, 11) is 0. The lowest BCUT2D eigenvalue weighted by Crippen LogP contribution is -1.93. The molecule has 0 unspecified atom stereocenters. The molecule has 1 nitrogen and oxygen atoms in total. The Morgan fingerprint density at radius 2 is 1.15 bits per heavy atom. The summed E-state index contributed by atoms with van der Waals surface area (Å²) in [6.07, 6.45) is 0. The van der Waals surface area contributed by atoms with Crippen LogP contribution in [0.4, 0.5) is 0 Å². The zero-order valence-corrected chi connectivity index (χ0v) is 14.7. The van der Waals surface area contributed by atoms with Gasteiger partial charge in [-0.15, -0.1) is 0 Å². The van der Waals surface area contributed by atoms with E-state index >= 15 is 0 Å². The van der Waals surface area contributed by atoms with Crippen molar-refractivity contribution in [3.05, 3.63) is 103 Å². The molecular formula is C25H19N. The standard InChI is InChI=1S/C25H19N/c1-18-7-6-8-20(17-18)19-13-15-21(16-14-19)26-24-11-4-2-9-22(24)23-10-3-5-12-25(23)26/h2-17H,1H3. The first-order valence-corrected chi connectivity index (χ1v) is 8.97. The lowest BCUT2D eigenvalue weighted by Gasteiger charge is -2.09. The third kappa shape index (κ3) is 2.33. The summed E-state index contributed by atoms with van der Waals surface area (Å²) in [6, 6.07) is 34.8. The number of para-hydroxylation sites is 2. The summed E-state index contributed by atoms with van der Waals surface area (Å²) >= 11 is 0. The molecule has 26 heavy (non-hydrogen) atoms. The van der Waals surface area contributed by atoms with Gasteiger partial charge in [0.05, 0.1) is 11.0 Å². The van der Waals surface area contributed by atoms with Crippen LogP contribution in [0.2, 0.25) is 0 Å². The number of rotatable bonds is 2. The molecule has 0 aliphatic rings. The SMILES string of the molecule is Cc1cccc(-c2ccc(-n3c4ccccc4c4ccccc43)cc2)c1. The number of nitrogens with zero attached hydrogens (tertiary/aromatic N) is 1. The van der Waals surface area contributed by atoms with E-state index in [0.29, 0.717) is 0 Å². The molecule has 4 aromatic carbocycles. The highest BCUT2D eigenvalue weighted by molar-refractivity contribution is 6.09. The minimum Gasteiger partial charge on any atom is -0.309 e. The molecule has 1 heterocycles. The summed E-state index contributed by atoms with van der Waals surface area (Å²) in [5, 5.41) is 2.59. The second kappa shape index (κ2) is 5.89. The van der Waals surface area contributed by atoms with E-state index in [0.717, 1.165) is 0 Å². The predicted molar refractivity (Wildman–Crippen MR) is 111 cm³/mol. The van der Waals surface area contributed by atoms with Gasteiger partial charge >= 0.3 is 0 Å². The van der Waals surface area contributed by atoms with E-state index in [1.165, 1.54) is 44.2 Å². The molecule has 5 aromatic rings. The Morgan fingerprint density at radius 1 is 0.538 bits per heavy atom. The van der Waals surface area contributed by atoms with Crippen molar-refractivity contribution in [2.24, 2.45) is 0 Å². The Hall–Kier alpha value is -3.32. The number of fused-ring (bicyclic) bond motifs is 3. The largest absolute Gasteiger partial charge is 0.309 e. The number of hydrogen-bond donors (Lipinski definition) is 0. The minimum absolute atomic E-state index is 1.19. The molecule has 0 atom stereocenters. The fourth-order valence-electron chi connectivity index (χ4n) is 3.83. The average molecular weight is 333 g/mol. The van der Waals surface area contributed by atoms with Gasteiger partial charge in [0.2, 0.25) is 0 Å². The summed E-state index contributed by atoms with van der Waals surface area (Å²) in [6.45, 7) is 2.13. The third-order valence-electron chi connectivity index (χ3n) is 5.06. The van der Waals surface area contributed by atoms with Crippen LogP contribution >= 0.6 is 0 Å². The quantitative estimate of drug-likeness (QED) is 0.336. The van der Waals surface area contributed by atoms with Crippen LogP contribution in [0, 0.1) is 6.92 Å². The van der Waals surface area contributed by atoms with Crippen LogP contribution in [0.15, 0.2) is 97.1 Å². The van der Waals surface area contributed by atoms with Gasteiger partial charge in [-0.1, -0.05) is 78.4 Å². The average Bonchev–Trinajstić information content (AvgIpc) is 3.03. The number of aryl methyl sites for hydroxylation is 1. The van der Waals surface area contributed by atoms with Crippen molar-refractivity contribution >= 4 is 21.8 Å². The van der Waals surface area contributed by atoms with Gasteiger partial charge in [-0.2, -0.15) is 0 Å². The molecule has 0 N–H and O–H groups in total. The Balaban J connectivity index is 1.70. The second-order valence-electron chi connectivity index (χ2n) is 6.79. The second-order valence-corrected chi connectivity index (χ2v) is 6.79. The van der Waals surface area contributed by atoms with Gasteiger partial charge in [-0.3, -0.25) is 0 Å². The summed E-state index contributed by atoms with van der Waals surface area (Å²) in [5.41, 5.74) is 7.48. The topological polar surface area (TPSA) is 4.93 Å². The summed E-state index contributed by atoms with van der Waals surface area (Å²) in [5.74, 6) is 0. The van der Waals surface area contributed by atoms with E-state index in [2.05, 4.69) is 109 Å². The molecule has 0 saturated carbocycles. The van der Waals surface area contributed by atoms with Crippen LogP contribution in [0.3, 0.4) is 0 Å². The molecular weight excluding hydrogens is 314 g/mol. The van der Waals surface area contributed by atoms with Gasteiger partial charge in [0.25, 0.3) is 0 Å². The van der Waals surface area contributed by atoms with E-state index < -0.39 is 0 Å². The predicted octanol–water partition coefficient (Wildman–Crippen LogP) is 6.76.